The molecule has 76 valence electrons. The third-order valence-corrected chi connectivity index (χ3v) is 3.28. The summed E-state index contributed by atoms with van der Waals surface area (Å²) in [5.74, 6) is -1.25. The lowest BCUT2D eigenvalue weighted by atomic mass is 9.73. The number of hydrogen-bond donors (Lipinski definition) is 0. The lowest BCUT2D eigenvalue weighted by Gasteiger charge is -2.28. The lowest BCUT2D eigenvalue weighted by molar-refractivity contribution is -0.144. The molecule has 0 atom stereocenters. The van der Waals surface area contributed by atoms with Crippen LogP contribution >= 0.6 is 0 Å². The summed E-state index contributed by atoms with van der Waals surface area (Å²) >= 11 is 0. The van der Waals surface area contributed by atoms with Gasteiger partial charge in [0.1, 0.15) is 5.92 Å². The predicted octanol–water partition coefficient (Wildman–Crippen LogP) is 1.29. The summed E-state index contributed by atoms with van der Waals surface area (Å²) in [6.45, 7) is 0. The van der Waals surface area contributed by atoms with Gasteiger partial charge in [-0.25, -0.2) is 0 Å². The van der Waals surface area contributed by atoms with E-state index in [2.05, 4.69) is 0 Å². The summed E-state index contributed by atoms with van der Waals surface area (Å²) in [7, 11) is 0. The summed E-state index contributed by atoms with van der Waals surface area (Å²) in [4.78, 5) is 34.7. The smallest absolute Gasteiger partial charge is 0.153 e. The number of Topliss-reactive ketones (excluding diaryl/α,β-unsaturated/α-hetero) is 3. The molecule has 0 aromatic heterocycles. The molecule has 2 rings (SSSR count). The quantitative estimate of drug-likeness (QED) is 0.622. The van der Waals surface area contributed by atoms with Crippen molar-refractivity contribution in [3.63, 3.8) is 0 Å². The molecule has 2 aliphatic carbocycles. The minimum absolute atomic E-state index is 0.00556. The van der Waals surface area contributed by atoms with Crippen molar-refractivity contribution in [2.24, 2.45) is 11.8 Å². The topological polar surface area (TPSA) is 51.2 Å². The Hall–Kier alpha value is -0.990. The first-order valence-electron chi connectivity index (χ1n) is 5.29. The van der Waals surface area contributed by atoms with E-state index in [1.807, 2.05) is 0 Å². The van der Waals surface area contributed by atoms with Crippen molar-refractivity contribution in [1.29, 1.82) is 0 Å². The zero-order valence-electron chi connectivity index (χ0n) is 8.12. The Bertz CT molecular complexity index is 273. The Morgan fingerprint density at radius 1 is 1.00 bits per heavy atom. The number of ketones is 3. The van der Waals surface area contributed by atoms with E-state index in [4.69, 9.17) is 0 Å². The average molecular weight is 194 g/mol. The molecule has 0 aromatic carbocycles. The molecule has 14 heavy (non-hydrogen) atoms. The van der Waals surface area contributed by atoms with Gasteiger partial charge in [0.25, 0.3) is 0 Å². The number of rotatable bonds is 2. The van der Waals surface area contributed by atoms with E-state index in [0.29, 0.717) is 19.3 Å². The number of hydrogen-bond acceptors (Lipinski definition) is 3. The van der Waals surface area contributed by atoms with Crippen molar-refractivity contribution in [2.75, 3.05) is 0 Å². The highest BCUT2D eigenvalue weighted by Crippen LogP contribution is 2.32. The lowest BCUT2D eigenvalue weighted by Crippen LogP contribution is -2.40. The zero-order chi connectivity index (χ0) is 10.1. The van der Waals surface area contributed by atoms with Crippen LogP contribution in [0.2, 0.25) is 0 Å². The van der Waals surface area contributed by atoms with Crippen LogP contribution in [0.1, 0.15) is 38.5 Å². The largest absolute Gasteiger partial charge is 0.298 e. The first-order valence-corrected chi connectivity index (χ1v) is 5.29. The van der Waals surface area contributed by atoms with Crippen LogP contribution in [-0.4, -0.2) is 17.3 Å². The minimum atomic E-state index is -0.881. The first kappa shape index (κ1) is 9.56. The summed E-state index contributed by atoms with van der Waals surface area (Å²) in [6, 6.07) is 0. The number of carbonyl (C=O) groups excluding carboxylic acids is 3. The normalized spacial score (nSPS) is 24.9. The highest BCUT2D eigenvalue weighted by molar-refractivity contribution is 6.21. The Morgan fingerprint density at radius 3 is 2.00 bits per heavy atom. The molecule has 3 nitrogen and oxygen atoms in total. The molecule has 0 unspecified atom stereocenters. The van der Waals surface area contributed by atoms with Crippen molar-refractivity contribution in [1.82, 2.24) is 0 Å². The van der Waals surface area contributed by atoms with E-state index in [0.717, 1.165) is 19.3 Å². The molecule has 2 saturated carbocycles. The van der Waals surface area contributed by atoms with E-state index in [1.54, 1.807) is 0 Å². The van der Waals surface area contributed by atoms with Crippen LogP contribution in [0.4, 0.5) is 0 Å². The fourth-order valence-electron chi connectivity index (χ4n) is 2.15. The fourth-order valence-corrected chi connectivity index (χ4v) is 2.15. The van der Waals surface area contributed by atoms with Crippen molar-refractivity contribution in [3.8, 4) is 0 Å². The molecule has 0 spiro atoms. The van der Waals surface area contributed by atoms with Crippen molar-refractivity contribution < 1.29 is 14.4 Å². The molecule has 2 aliphatic rings. The molecule has 0 N–H and O–H groups in total. The summed E-state index contributed by atoms with van der Waals surface area (Å²) in [5.41, 5.74) is 0. The van der Waals surface area contributed by atoms with Gasteiger partial charge in [-0.3, -0.25) is 14.4 Å². The van der Waals surface area contributed by atoms with E-state index in [9.17, 15) is 14.4 Å². The Morgan fingerprint density at radius 2 is 1.57 bits per heavy atom. The zero-order valence-corrected chi connectivity index (χ0v) is 8.12. The van der Waals surface area contributed by atoms with Crippen LogP contribution in [0.3, 0.4) is 0 Å². The molecule has 0 radical (unpaired) electrons. The monoisotopic (exact) mass is 194 g/mol. The van der Waals surface area contributed by atoms with Gasteiger partial charge in [0.2, 0.25) is 0 Å². The van der Waals surface area contributed by atoms with E-state index < -0.39 is 5.92 Å². The molecule has 2 fully saturated rings. The van der Waals surface area contributed by atoms with Crippen molar-refractivity contribution in [2.45, 2.75) is 38.5 Å². The third kappa shape index (κ3) is 1.51. The van der Waals surface area contributed by atoms with Gasteiger partial charge in [-0.2, -0.15) is 0 Å². The van der Waals surface area contributed by atoms with Gasteiger partial charge in [-0.05, 0) is 19.3 Å². The highest BCUT2D eigenvalue weighted by atomic mass is 16.2. The SMILES string of the molecule is O=C1CCCC(=O)C1C(=O)C1CCC1. The first-order chi connectivity index (χ1) is 6.70. The summed E-state index contributed by atoms with van der Waals surface area (Å²) in [5, 5.41) is 0. The second-order valence-corrected chi connectivity index (χ2v) is 4.25. The van der Waals surface area contributed by atoms with Crippen LogP contribution in [0.25, 0.3) is 0 Å². The highest BCUT2D eigenvalue weighted by Gasteiger charge is 2.40. The molecular weight excluding hydrogens is 180 g/mol. The van der Waals surface area contributed by atoms with Crippen molar-refractivity contribution >= 4 is 17.3 Å². The van der Waals surface area contributed by atoms with Crippen LogP contribution in [-0.2, 0) is 14.4 Å². The van der Waals surface area contributed by atoms with Crippen LogP contribution < -0.4 is 0 Å². The molecule has 0 amide bonds. The standard InChI is InChI=1S/C11H14O3/c12-8-5-2-6-9(13)10(8)11(14)7-3-1-4-7/h7,10H,1-6H2. The second-order valence-electron chi connectivity index (χ2n) is 4.25. The van der Waals surface area contributed by atoms with Gasteiger partial charge in [-0.1, -0.05) is 6.42 Å². The van der Waals surface area contributed by atoms with Gasteiger partial charge < -0.3 is 0 Å². The van der Waals surface area contributed by atoms with E-state index in [-0.39, 0.29) is 23.3 Å². The van der Waals surface area contributed by atoms with Gasteiger partial charge in [-0.15, -0.1) is 0 Å². The molecule has 0 aromatic rings. The maximum atomic E-state index is 11.8. The maximum Gasteiger partial charge on any atom is 0.153 e. The van der Waals surface area contributed by atoms with Crippen LogP contribution in [0.15, 0.2) is 0 Å². The molecule has 0 aliphatic heterocycles. The molecular formula is C11H14O3. The van der Waals surface area contributed by atoms with Gasteiger partial charge in [0, 0.05) is 18.8 Å². The average Bonchev–Trinajstić information content (AvgIpc) is 2.00. The second kappa shape index (κ2) is 3.64. The van der Waals surface area contributed by atoms with Crippen molar-refractivity contribution in [3.05, 3.63) is 0 Å². The number of carbonyl (C=O) groups is 3. The summed E-state index contributed by atoms with van der Waals surface area (Å²) in [6.07, 6.45) is 4.26. The minimum Gasteiger partial charge on any atom is -0.298 e. The van der Waals surface area contributed by atoms with Crippen LogP contribution in [0, 0.1) is 11.8 Å². The van der Waals surface area contributed by atoms with Crippen LogP contribution in [0.5, 0.6) is 0 Å². The fraction of sp³-hybridized carbons (Fsp3) is 0.727. The van der Waals surface area contributed by atoms with Gasteiger partial charge >= 0.3 is 0 Å². The molecule has 0 bridgehead atoms. The third-order valence-electron chi connectivity index (χ3n) is 3.28. The molecule has 3 heteroatoms. The Kier molecular flexibility index (Phi) is 2.48. The maximum absolute atomic E-state index is 11.8. The molecule has 0 saturated heterocycles. The van der Waals surface area contributed by atoms with E-state index >= 15 is 0 Å². The van der Waals surface area contributed by atoms with E-state index in [1.165, 1.54) is 0 Å². The predicted molar refractivity (Wildman–Crippen MR) is 49.7 cm³/mol. The van der Waals surface area contributed by atoms with Gasteiger partial charge in [0.05, 0.1) is 0 Å². The Labute approximate surface area is 82.9 Å². The Balaban J connectivity index is 2.09. The summed E-state index contributed by atoms with van der Waals surface area (Å²) < 4.78 is 0. The van der Waals surface area contributed by atoms with Gasteiger partial charge in [0.15, 0.2) is 17.3 Å². The molecule has 0 heterocycles.